The van der Waals surface area contributed by atoms with Crippen molar-refractivity contribution in [3.8, 4) is 0 Å². The van der Waals surface area contributed by atoms with Crippen LogP contribution < -0.4 is 5.56 Å². The molecular formula is C7H7FINO. The van der Waals surface area contributed by atoms with Gasteiger partial charge in [0, 0.05) is 6.07 Å². The molecule has 1 aromatic rings. The summed E-state index contributed by atoms with van der Waals surface area (Å²) in [4.78, 5) is 13.5. The normalized spacial score (nSPS) is 10.1. The van der Waals surface area contributed by atoms with Crippen LogP contribution in [-0.2, 0) is 6.42 Å². The lowest BCUT2D eigenvalue weighted by molar-refractivity contribution is 0.604. The second-order valence-electron chi connectivity index (χ2n) is 2.13. The molecule has 0 aliphatic heterocycles. The monoisotopic (exact) mass is 267 g/mol. The molecular weight excluding hydrogens is 260 g/mol. The molecule has 0 aliphatic rings. The van der Waals surface area contributed by atoms with E-state index < -0.39 is 5.82 Å². The van der Waals surface area contributed by atoms with Gasteiger partial charge in [-0.2, -0.15) is 0 Å². The Labute approximate surface area is 77.0 Å². The van der Waals surface area contributed by atoms with Gasteiger partial charge in [-0.05, 0) is 29.0 Å². The molecule has 0 unspecified atom stereocenters. The summed E-state index contributed by atoms with van der Waals surface area (Å²) in [6.07, 6.45) is 0.429. The highest BCUT2D eigenvalue weighted by Crippen LogP contribution is 2.05. The highest BCUT2D eigenvalue weighted by atomic mass is 127. The van der Waals surface area contributed by atoms with Gasteiger partial charge in [-0.3, -0.25) is 4.79 Å². The van der Waals surface area contributed by atoms with E-state index in [2.05, 4.69) is 4.98 Å². The zero-order valence-electron chi connectivity index (χ0n) is 5.95. The lowest BCUT2D eigenvalue weighted by atomic mass is 10.2. The average molecular weight is 267 g/mol. The maximum Gasteiger partial charge on any atom is 0.254 e. The SMILES string of the molecule is CCc1c(F)cc(I)[nH]c1=O. The Morgan fingerprint density at radius 3 is 2.82 bits per heavy atom. The number of hydrogen-bond donors (Lipinski definition) is 1. The van der Waals surface area contributed by atoms with Crippen LogP contribution in [0.3, 0.4) is 0 Å². The summed E-state index contributed by atoms with van der Waals surface area (Å²) < 4.78 is 13.4. The molecule has 0 aliphatic carbocycles. The second kappa shape index (κ2) is 3.34. The molecule has 0 saturated heterocycles. The highest BCUT2D eigenvalue weighted by molar-refractivity contribution is 14.1. The van der Waals surface area contributed by atoms with Crippen LogP contribution in [0.15, 0.2) is 10.9 Å². The number of halogens is 2. The third-order valence-corrected chi connectivity index (χ3v) is 1.98. The van der Waals surface area contributed by atoms with Crippen molar-refractivity contribution in [3.63, 3.8) is 0 Å². The molecule has 11 heavy (non-hydrogen) atoms. The van der Waals surface area contributed by atoms with Gasteiger partial charge in [-0.1, -0.05) is 6.92 Å². The van der Waals surface area contributed by atoms with Crippen LogP contribution in [0, 0.1) is 9.52 Å². The van der Waals surface area contributed by atoms with Crippen molar-refractivity contribution >= 4 is 22.6 Å². The fourth-order valence-electron chi connectivity index (χ4n) is 0.856. The third kappa shape index (κ3) is 1.79. The first kappa shape index (κ1) is 8.70. The molecule has 1 heterocycles. The van der Waals surface area contributed by atoms with E-state index in [0.717, 1.165) is 0 Å². The van der Waals surface area contributed by atoms with Crippen LogP contribution in [0.1, 0.15) is 12.5 Å². The van der Waals surface area contributed by atoms with Crippen molar-refractivity contribution in [2.24, 2.45) is 0 Å². The fraction of sp³-hybridized carbons (Fsp3) is 0.286. The van der Waals surface area contributed by atoms with E-state index in [9.17, 15) is 9.18 Å². The van der Waals surface area contributed by atoms with Gasteiger partial charge in [0.2, 0.25) is 0 Å². The molecule has 1 N–H and O–H groups in total. The Kier molecular flexibility index (Phi) is 2.64. The number of nitrogens with one attached hydrogen (secondary N) is 1. The summed E-state index contributed by atoms with van der Waals surface area (Å²) in [5, 5.41) is 0. The summed E-state index contributed by atoms with van der Waals surface area (Å²) in [6.45, 7) is 1.75. The van der Waals surface area contributed by atoms with E-state index in [1.54, 1.807) is 6.92 Å². The molecule has 1 aromatic heterocycles. The minimum absolute atomic E-state index is 0.227. The van der Waals surface area contributed by atoms with Gasteiger partial charge in [-0.15, -0.1) is 0 Å². The fourth-order valence-corrected chi connectivity index (χ4v) is 1.37. The molecule has 60 valence electrons. The van der Waals surface area contributed by atoms with E-state index in [-0.39, 0.29) is 11.1 Å². The van der Waals surface area contributed by atoms with Crippen molar-refractivity contribution in [1.82, 2.24) is 4.98 Å². The van der Waals surface area contributed by atoms with Crippen LogP contribution >= 0.6 is 22.6 Å². The summed E-state index contributed by atoms with van der Waals surface area (Å²) in [5.74, 6) is -0.416. The highest BCUT2D eigenvalue weighted by Gasteiger charge is 2.04. The predicted octanol–water partition coefficient (Wildman–Crippen LogP) is 1.68. The number of aromatic amines is 1. The number of pyridine rings is 1. The van der Waals surface area contributed by atoms with Crippen LogP contribution in [0.2, 0.25) is 0 Å². The van der Waals surface area contributed by atoms with Gasteiger partial charge in [-0.25, -0.2) is 4.39 Å². The van der Waals surface area contributed by atoms with E-state index in [1.807, 2.05) is 22.6 Å². The molecule has 0 radical (unpaired) electrons. The second-order valence-corrected chi connectivity index (χ2v) is 3.29. The van der Waals surface area contributed by atoms with E-state index in [1.165, 1.54) is 6.07 Å². The first-order valence-corrected chi connectivity index (χ1v) is 4.30. The zero-order chi connectivity index (χ0) is 8.43. The van der Waals surface area contributed by atoms with Crippen molar-refractivity contribution in [2.45, 2.75) is 13.3 Å². The van der Waals surface area contributed by atoms with Crippen LogP contribution in [0.4, 0.5) is 4.39 Å². The summed E-state index contributed by atoms with van der Waals surface area (Å²) in [6, 6.07) is 1.32. The molecule has 4 heteroatoms. The predicted molar refractivity (Wildman–Crippen MR) is 49.1 cm³/mol. The van der Waals surface area contributed by atoms with Gasteiger partial charge in [0.15, 0.2) is 0 Å². The summed E-state index contributed by atoms with van der Waals surface area (Å²) >= 11 is 1.87. The Morgan fingerprint density at radius 2 is 2.36 bits per heavy atom. The molecule has 0 amide bonds. The first-order valence-electron chi connectivity index (χ1n) is 3.22. The molecule has 0 saturated carbocycles. The molecule has 1 rings (SSSR count). The van der Waals surface area contributed by atoms with Crippen LogP contribution in [0.5, 0.6) is 0 Å². The minimum atomic E-state index is -0.416. The van der Waals surface area contributed by atoms with Crippen molar-refractivity contribution in [2.75, 3.05) is 0 Å². The van der Waals surface area contributed by atoms with Crippen molar-refractivity contribution in [1.29, 1.82) is 0 Å². The topological polar surface area (TPSA) is 32.9 Å². The van der Waals surface area contributed by atoms with E-state index in [4.69, 9.17) is 0 Å². The molecule has 0 atom stereocenters. The maximum absolute atomic E-state index is 12.9. The third-order valence-electron chi connectivity index (χ3n) is 1.40. The molecule has 0 aromatic carbocycles. The number of rotatable bonds is 1. The molecule has 0 bridgehead atoms. The summed E-state index contributed by atoms with van der Waals surface area (Å²) in [7, 11) is 0. The number of hydrogen-bond acceptors (Lipinski definition) is 1. The van der Waals surface area contributed by atoms with Gasteiger partial charge >= 0.3 is 0 Å². The molecule has 0 fully saturated rings. The Hall–Kier alpha value is -0.390. The van der Waals surface area contributed by atoms with Crippen LogP contribution in [0.25, 0.3) is 0 Å². The zero-order valence-corrected chi connectivity index (χ0v) is 8.11. The summed E-state index contributed by atoms with van der Waals surface area (Å²) in [5.41, 5.74) is -0.0951. The van der Waals surface area contributed by atoms with Crippen molar-refractivity contribution in [3.05, 3.63) is 31.5 Å². The standard InChI is InChI=1S/C7H7FINO/c1-2-4-5(8)3-6(9)10-7(4)11/h3H,2H2,1H3,(H,10,11). The average Bonchev–Trinajstić information content (AvgIpc) is 1.85. The quantitative estimate of drug-likeness (QED) is 0.609. The Balaban J connectivity index is 3.37. The first-order chi connectivity index (χ1) is 5.15. The molecule has 0 spiro atoms. The van der Waals surface area contributed by atoms with Crippen molar-refractivity contribution < 1.29 is 4.39 Å². The van der Waals surface area contributed by atoms with Crippen LogP contribution in [-0.4, -0.2) is 4.98 Å². The van der Waals surface area contributed by atoms with Gasteiger partial charge in [0.1, 0.15) is 5.82 Å². The lowest BCUT2D eigenvalue weighted by Crippen LogP contribution is -2.15. The van der Waals surface area contributed by atoms with Gasteiger partial charge in [0.05, 0.1) is 9.26 Å². The largest absolute Gasteiger partial charge is 0.317 e. The van der Waals surface area contributed by atoms with Gasteiger partial charge in [0.25, 0.3) is 5.56 Å². The molecule has 2 nitrogen and oxygen atoms in total. The van der Waals surface area contributed by atoms with Gasteiger partial charge < -0.3 is 4.98 Å². The Morgan fingerprint density at radius 1 is 1.73 bits per heavy atom. The number of H-pyrrole nitrogens is 1. The number of aromatic nitrogens is 1. The van der Waals surface area contributed by atoms with E-state index >= 15 is 0 Å². The smallest absolute Gasteiger partial charge is 0.254 e. The Bertz CT molecular complexity index is 321. The minimum Gasteiger partial charge on any atom is -0.317 e. The lowest BCUT2D eigenvalue weighted by Gasteiger charge is -1.97. The van der Waals surface area contributed by atoms with E-state index in [0.29, 0.717) is 10.1 Å². The maximum atomic E-state index is 12.9.